The largest absolute Gasteiger partial charge is 0.465 e. The number of carbonyl (C=O) groups is 3. The highest BCUT2D eigenvalue weighted by molar-refractivity contribution is 8.13. The molecule has 29 heavy (non-hydrogen) atoms. The van der Waals surface area contributed by atoms with Gasteiger partial charge in [-0.1, -0.05) is 29.4 Å². The third-order valence-corrected chi connectivity index (χ3v) is 5.52. The normalized spacial score (nSPS) is 14.8. The SMILES string of the molecule is COC(=O)c1ccc(Oc2ccc3c(c2)CC[C@H]3CC(=O)NC(=O)SC)c(Cl)c1. The highest BCUT2D eigenvalue weighted by Gasteiger charge is 2.26. The fourth-order valence-electron chi connectivity index (χ4n) is 3.35. The van der Waals surface area contributed by atoms with Crippen LogP contribution in [0.2, 0.25) is 5.02 Å². The van der Waals surface area contributed by atoms with Gasteiger partial charge in [-0.2, -0.15) is 0 Å². The van der Waals surface area contributed by atoms with Gasteiger partial charge in [-0.25, -0.2) is 4.79 Å². The summed E-state index contributed by atoms with van der Waals surface area (Å²) in [4.78, 5) is 34.9. The predicted molar refractivity (Wildman–Crippen MR) is 112 cm³/mol. The number of benzene rings is 2. The third kappa shape index (κ3) is 5.10. The molecule has 0 unspecified atom stereocenters. The molecule has 0 spiro atoms. The van der Waals surface area contributed by atoms with Crippen molar-refractivity contribution >= 4 is 40.5 Å². The summed E-state index contributed by atoms with van der Waals surface area (Å²) in [6, 6.07) is 10.4. The summed E-state index contributed by atoms with van der Waals surface area (Å²) in [6.07, 6.45) is 3.58. The van der Waals surface area contributed by atoms with Crippen LogP contribution in [0.15, 0.2) is 36.4 Å². The Bertz CT molecular complexity index is 962. The maximum atomic E-state index is 12.0. The van der Waals surface area contributed by atoms with Crippen LogP contribution in [0.5, 0.6) is 11.5 Å². The van der Waals surface area contributed by atoms with E-state index < -0.39 is 5.97 Å². The second-order valence-corrected chi connectivity index (χ2v) is 7.77. The highest BCUT2D eigenvalue weighted by Crippen LogP contribution is 2.39. The van der Waals surface area contributed by atoms with Crippen molar-refractivity contribution in [1.82, 2.24) is 5.32 Å². The molecular weight excluding hydrogens is 414 g/mol. The Hall–Kier alpha value is -2.51. The molecule has 2 amide bonds. The fourth-order valence-corrected chi connectivity index (χ4v) is 3.79. The average molecular weight is 434 g/mol. The van der Waals surface area contributed by atoms with Crippen molar-refractivity contribution in [2.45, 2.75) is 25.2 Å². The molecule has 1 aliphatic carbocycles. The van der Waals surface area contributed by atoms with Crippen LogP contribution in [-0.2, 0) is 16.0 Å². The van der Waals surface area contributed by atoms with Gasteiger partial charge in [-0.05, 0) is 66.5 Å². The van der Waals surface area contributed by atoms with Gasteiger partial charge in [0.25, 0.3) is 5.24 Å². The quantitative estimate of drug-likeness (QED) is 0.672. The van der Waals surface area contributed by atoms with Crippen molar-refractivity contribution < 1.29 is 23.9 Å². The third-order valence-electron chi connectivity index (χ3n) is 4.76. The summed E-state index contributed by atoms with van der Waals surface area (Å²) in [6.45, 7) is 0. The fraction of sp³-hybridized carbons (Fsp3) is 0.286. The van der Waals surface area contributed by atoms with Crippen LogP contribution in [0.1, 0.15) is 40.2 Å². The molecule has 0 aromatic heterocycles. The van der Waals surface area contributed by atoms with Gasteiger partial charge in [0, 0.05) is 6.42 Å². The Morgan fingerprint density at radius 2 is 2.00 bits per heavy atom. The second kappa shape index (κ2) is 9.33. The van der Waals surface area contributed by atoms with Gasteiger partial charge in [-0.15, -0.1) is 0 Å². The minimum Gasteiger partial charge on any atom is -0.465 e. The Morgan fingerprint density at radius 3 is 2.69 bits per heavy atom. The summed E-state index contributed by atoms with van der Waals surface area (Å²) in [5, 5.41) is 2.33. The van der Waals surface area contributed by atoms with Crippen LogP contribution in [0.25, 0.3) is 0 Å². The molecule has 2 aromatic rings. The zero-order valence-corrected chi connectivity index (χ0v) is 17.6. The van der Waals surface area contributed by atoms with Gasteiger partial charge in [0.1, 0.15) is 11.5 Å². The highest BCUT2D eigenvalue weighted by atomic mass is 35.5. The molecule has 0 radical (unpaired) electrons. The molecule has 0 saturated heterocycles. The van der Waals surface area contributed by atoms with Crippen LogP contribution in [-0.4, -0.2) is 30.5 Å². The number of hydrogen-bond donors (Lipinski definition) is 1. The lowest BCUT2D eigenvalue weighted by Gasteiger charge is -2.13. The Kier molecular flexibility index (Phi) is 6.82. The van der Waals surface area contributed by atoms with Gasteiger partial charge < -0.3 is 9.47 Å². The maximum Gasteiger partial charge on any atom is 0.337 e. The van der Waals surface area contributed by atoms with Crippen LogP contribution in [0.4, 0.5) is 4.79 Å². The number of ether oxygens (including phenoxy) is 2. The first-order chi connectivity index (χ1) is 13.9. The topological polar surface area (TPSA) is 81.7 Å². The van der Waals surface area contributed by atoms with Crippen LogP contribution >= 0.6 is 23.4 Å². The first-order valence-electron chi connectivity index (χ1n) is 8.97. The molecule has 0 fully saturated rings. The second-order valence-electron chi connectivity index (χ2n) is 6.58. The van der Waals surface area contributed by atoms with Crippen molar-refractivity contribution in [3.63, 3.8) is 0 Å². The molecule has 152 valence electrons. The Balaban J connectivity index is 1.70. The van der Waals surface area contributed by atoms with Gasteiger partial charge >= 0.3 is 5.97 Å². The number of imide groups is 1. The van der Waals surface area contributed by atoms with Gasteiger partial charge in [0.2, 0.25) is 5.91 Å². The molecule has 1 N–H and O–H groups in total. The van der Waals surface area contributed by atoms with E-state index in [0.29, 0.717) is 22.1 Å². The van der Waals surface area contributed by atoms with E-state index in [-0.39, 0.29) is 23.5 Å². The molecule has 0 saturated carbocycles. The average Bonchev–Trinajstić information content (AvgIpc) is 3.10. The number of thioether (sulfide) groups is 1. The summed E-state index contributed by atoms with van der Waals surface area (Å²) in [7, 11) is 1.31. The first-order valence-corrected chi connectivity index (χ1v) is 10.6. The minimum absolute atomic E-state index is 0.0802. The lowest BCUT2D eigenvalue weighted by atomic mass is 9.97. The number of nitrogens with one attached hydrogen (secondary N) is 1. The van der Waals surface area contributed by atoms with Crippen molar-refractivity contribution in [3.05, 3.63) is 58.1 Å². The first kappa shape index (κ1) is 21.2. The van der Waals surface area contributed by atoms with E-state index in [4.69, 9.17) is 16.3 Å². The summed E-state index contributed by atoms with van der Waals surface area (Å²) < 4.78 is 10.6. The van der Waals surface area contributed by atoms with Gasteiger partial charge in [-0.3, -0.25) is 14.9 Å². The number of halogens is 1. The molecule has 8 heteroatoms. The molecule has 0 heterocycles. The predicted octanol–water partition coefficient (Wildman–Crippen LogP) is 4.94. The van der Waals surface area contributed by atoms with E-state index in [1.165, 1.54) is 13.2 Å². The standard InChI is InChI=1S/C21H20ClNO5S/c1-27-20(25)14-5-8-18(17(22)10-14)28-15-6-7-16-12(9-15)3-4-13(16)11-19(24)23-21(26)29-2/h5-10,13H,3-4,11H2,1-2H3,(H,23,24,26)/t13-/m0/s1. The van der Waals surface area contributed by atoms with E-state index in [2.05, 4.69) is 10.1 Å². The number of amides is 2. The monoisotopic (exact) mass is 433 g/mol. The summed E-state index contributed by atoms with van der Waals surface area (Å²) >= 11 is 7.21. The lowest BCUT2D eigenvalue weighted by molar-refractivity contribution is -0.120. The Morgan fingerprint density at radius 1 is 1.21 bits per heavy atom. The van der Waals surface area contributed by atoms with E-state index in [0.717, 1.165) is 35.7 Å². The van der Waals surface area contributed by atoms with Crippen molar-refractivity contribution in [2.75, 3.05) is 13.4 Å². The number of methoxy groups -OCH3 is 1. The van der Waals surface area contributed by atoms with E-state index >= 15 is 0 Å². The number of esters is 1. The van der Waals surface area contributed by atoms with Crippen molar-refractivity contribution in [1.29, 1.82) is 0 Å². The summed E-state index contributed by atoms with van der Waals surface area (Å²) in [5.74, 6) is 0.407. The zero-order chi connectivity index (χ0) is 21.0. The number of hydrogen-bond acceptors (Lipinski definition) is 6. The molecule has 0 aliphatic heterocycles. The minimum atomic E-state index is -0.467. The van der Waals surface area contributed by atoms with Gasteiger partial charge in [0.05, 0.1) is 17.7 Å². The van der Waals surface area contributed by atoms with Crippen molar-refractivity contribution in [3.8, 4) is 11.5 Å². The number of carbonyl (C=O) groups excluding carboxylic acids is 3. The molecule has 6 nitrogen and oxygen atoms in total. The molecule has 1 aliphatic rings. The maximum absolute atomic E-state index is 12.0. The molecule has 1 atom stereocenters. The van der Waals surface area contributed by atoms with Crippen LogP contribution in [0, 0.1) is 0 Å². The molecule has 3 rings (SSSR count). The van der Waals surface area contributed by atoms with E-state index in [9.17, 15) is 14.4 Å². The van der Waals surface area contributed by atoms with E-state index in [1.54, 1.807) is 18.4 Å². The number of fused-ring (bicyclic) bond motifs is 1. The summed E-state index contributed by atoms with van der Waals surface area (Å²) in [5.41, 5.74) is 2.55. The lowest BCUT2D eigenvalue weighted by Crippen LogP contribution is -2.27. The van der Waals surface area contributed by atoms with Gasteiger partial charge in [0.15, 0.2) is 0 Å². The van der Waals surface area contributed by atoms with Crippen molar-refractivity contribution in [2.24, 2.45) is 0 Å². The smallest absolute Gasteiger partial charge is 0.337 e. The molecule has 2 aromatic carbocycles. The van der Waals surface area contributed by atoms with Crippen LogP contribution in [0.3, 0.4) is 0 Å². The molecular formula is C21H20ClNO5S. The zero-order valence-electron chi connectivity index (χ0n) is 16.0. The van der Waals surface area contributed by atoms with Crippen LogP contribution < -0.4 is 10.1 Å². The van der Waals surface area contributed by atoms with E-state index in [1.807, 2.05) is 18.2 Å². The number of aryl methyl sites for hydroxylation is 1. The molecule has 0 bridgehead atoms. The number of rotatable bonds is 5. The Labute approximate surface area is 177 Å².